The predicted molar refractivity (Wildman–Crippen MR) is 177 cm³/mol. The average Bonchev–Trinajstić information content (AvgIpc) is 3.58. The monoisotopic (exact) mass is 640 g/mol. The highest BCUT2D eigenvalue weighted by molar-refractivity contribution is 5.71. The fraction of sp³-hybridized carbons (Fsp3) is 0.351. The first-order valence-electron chi connectivity index (χ1n) is 15.9. The number of methoxy groups -OCH3 is 2. The number of rotatable bonds is 12. The lowest BCUT2D eigenvalue weighted by Crippen LogP contribution is -2.46. The number of piperazine rings is 1. The number of aromatic hydroxyl groups is 1. The van der Waals surface area contributed by atoms with Crippen LogP contribution in [-0.2, 0) is 28.9 Å². The Morgan fingerprint density at radius 1 is 0.936 bits per heavy atom. The highest BCUT2D eigenvalue weighted by Gasteiger charge is 2.27. The van der Waals surface area contributed by atoms with Crippen LogP contribution in [0.1, 0.15) is 40.5 Å². The van der Waals surface area contributed by atoms with Crippen molar-refractivity contribution < 1.29 is 33.3 Å². The van der Waals surface area contributed by atoms with Crippen molar-refractivity contribution in [2.45, 2.75) is 31.7 Å². The Morgan fingerprint density at radius 3 is 2.40 bits per heavy atom. The zero-order chi connectivity index (χ0) is 32.8. The molecule has 246 valence electrons. The topological polar surface area (TPSA) is 111 Å². The van der Waals surface area contributed by atoms with Crippen LogP contribution in [0.3, 0.4) is 0 Å². The van der Waals surface area contributed by atoms with Crippen LogP contribution in [0.2, 0.25) is 0 Å². The van der Waals surface area contributed by atoms with Gasteiger partial charge in [0.25, 0.3) is 0 Å². The van der Waals surface area contributed by atoms with Crippen molar-refractivity contribution in [1.29, 1.82) is 0 Å². The number of fused-ring (bicyclic) bond motifs is 1. The molecule has 3 heterocycles. The standard InChI is InChI=1S/C37H40N2O8/c1-43-29-10-6-28(7-11-29)39-17-15-38(16-18-39)24-31-22-33(40)36(42)37(47-31)32(23-35(41)44-2)26-4-8-30(9-5-26)45-19-13-25-3-12-34-27(21-25)14-20-46-34/h3-12,21-22,32,42H,13-20,23-24H2,1-2H3/t32-/m1/s1. The first kappa shape index (κ1) is 32.0. The molecule has 1 atom stereocenters. The molecule has 3 aromatic carbocycles. The number of hydrogen-bond acceptors (Lipinski definition) is 10. The molecule has 1 saturated heterocycles. The second-order valence-corrected chi connectivity index (χ2v) is 11.8. The van der Waals surface area contributed by atoms with Gasteiger partial charge < -0.3 is 33.4 Å². The molecule has 1 N–H and O–H groups in total. The average molecular weight is 641 g/mol. The van der Waals surface area contributed by atoms with Gasteiger partial charge in [0, 0.05) is 50.8 Å². The molecule has 0 aliphatic carbocycles. The van der Waals surface area contributed by atoms with Gasteiger partial charge in [-0.1, -0.05) is 24.3 Å². The molecule has 0 saturated carbocycles. The maximum Gasteiger partial charge on any atom is 0.306 e. The largest absolute Gasteiger partial charge is 0.502 e. The molecule has 1 fully saturated rings. The number of hydrogen-bond donors (Lipinski definition) is 1. The van der Waals surface area contributed by atoms with Crippen LogP contribution in [0.4, 0.5) is 5.69 Å². The molecule has 10 nitrogen and oxygen atoms in total. The van der Waals surface area contributed by atoms with Crippen molar-refractivity contribution in [2.75, 3.05) is 58.5 Å². The first-order chi connectivity index (χ1) is 22.9. The Kier molecular flexibility index (Phi) is 9.97. The lowest BCUT2D eigenvalue weighted by molar-refractivity contribution is -0.140. The van der Waals surface area contributed by atoms with Crippen LogP contribution < -0.4 is 24.5 Å². The zero-order valence-corrected chi connectivity index (χ0v) is 26.8. The number of esters is 1. The van der Waals surface area contributed by atoms with Gasteiger partial charge >= 0.3 is 5.97 Å². The van der Waals surface area contributed by atoms with Gasteiger partial charge in [0.1, 0.15) is 23.0 Å². The predicted octanol–water partition coefficient (Wildman–Crippen LogP) is 4.93. The molecular formula is C37H40N2O8. The van der Waals surface area contributed by atoms with E-state index in [-0.39, 0.29) is 12.2 Å². The van der Waals surface area contributed by atoms with Gasteiger partial charge in [-0.3, -0.25) is 14.5 Å². The molecule has 2 aliphatic heterocycles. The van der Waals surface area contributed by atoms with Gasteiger partial charge in [-0.2, -0.15) is 0 Å². The summed E-state index contributed by atoms with van der Waals surface area (Å²) in [6, 6.07) is 22.8. The summed E-state index contributed by atoms with van der Waals surface area (Å²) in [6.45, 7) is 4.77. The van der Waals surface area contributed by atoms with E-state index in [4.69, 9.17) is 23.4 Å². The number of benzene rings is 3. The van der Waals surface area contributed by atoms with E-state index in [1.54, 1.807) is 7.11 Å². The third-order valence-corrected chi connectivity index (χ3v) is 8.80. The Bertz CT molecular complexity index is 1730. The van der Waals surface area contributed by atoms with Crippen molar-refractivity contribution in [3.05, 3.63) is 111 Å². The maximum absolute atomic E-state index is 12.9. The Labute approximate surface area is 274 Å². The van der Waals surface area contributed by atoms with Crippen molar-refractivity contribution in [1.82, 2.24) is 4.90 Å². The van der Waals surface area contributed by atoms with E-state index in [1.165, 1.54) is 24.3 Å². The highest BCUT2D eigenvalue weighted by atomic mass is 16.5. The van der Waals surface area contributed by atoms with E-state index in [0.717, 1.165) is 62.8 Å². The van der Waals surface area contributed by atoms with Gasteiger partial charge in [0.05, 0.1) is 46.3 Å². The molecule has 1 aromatic heterocycles. The lowest BCUT2D eigenvalue weighted by Gasteiger charge is -2.36. The second kappa shape index (κ2) is 14.6. The fourth-order valence-corrected chi connectivity index (χ4v) is 6.14. The van der Waals surface area contributed by atoms with Gasteiger partial charge in [0.2, 0.25) is 11.2 Å². The summed E-state index contributed by atoms with van der Waals surface area (Å²) in [5.74, 6) is 1.19. The Balaban J connectivity index is 1.12. The normalized spacial score (nSPS) is 15.1. The summed E-state index contributed by atoms with van der Waals surface area (Å²) in [5.41, 5.74) is 3.68. The molecule has 6 rings (SSSR count). The molecule has 2 aliphatic rings. The number of ether oxygens (including phenoxy) is 4. The van der Waals surface area contributed by atoms with Crippen molar-refractivity contribution in [2.24, 2.45) is 0 Å². The number of carbonyl (C=O) groups excluding carboxylic acids is 1. The number of carbonyl (C=O) groups is 1. The minimum atomic E-state index is -0.732. The third kappa shape index (κ3) is 7.72. The quantitative estimate of drug-likeness (QED) is 0.214. The molecule has 0 spiro atoms. The van der Waals surface area contributed by atoms with Crippen LogP contribution >= 0.6 is 0 Å². The Hall–Kier alpha value is -4.96. The molecule has 4 aromatic rings. The van der Waals surface area contributed by atoms with Crippen LogP contribution in [0, 0.1) is 0 Å². The third-order valence-electron chi connectivity index (χ3n) is 8.80. The fourth-order valence-electron chi connectivity index (χ4n) is 6.14. The summed E-state index contributed by atoms with van der Waals surface area (Å²) in [7, 11) is 2.96. The van der Waals surface area contributed by atoms with E-state index in [2.05, 4.69) is 21.9 Å². The molecule has 10 heteroatoms. The first-order valence-corrected chi connectivity index (χ1v) is 15.9. The van der Waals surface area contributed by atoms with E-state index >= 15 is 0 Å². The van der Waals surface area contributed by atoms with E-state index < -0.39 is 23.1 Å². The smallest absolute Gasteiger partial charge is 0.306 e. The minimum Gasteiger partial charge on any atom is -0.502 e. The van der Waals surface area contributed by atoms with Crippen LogP contribution in [0.5, 0.6) is 23.0 Å². The van der Waals surface area contributed by atoms with Crippen LogP contribution in [0.25, 0.3) is 0 Å². The number of nitrogens with zero attached hydrogens (tertiary/aromatic N) is 2. The maximum atomic E-state index is 12.9. The van der Waals surface area contributed by atoms with Crippen LogP contribution in [0.15, 0.2) is 82.0 Å². The summed E-state index contributed by atoms with van der Waals surface area (Å²) >= 11 is 0. The summed E-state index contributed by atoms with van der Waals surface area (Å²) in [5, 5.41) is 10.9. The molecule has 47 heavy (non-hydrogen) atoms. The van der Waals surface area contributed by atoms with Crippen LogP contribution in [-0.4, -0.2) is 69.6 Å². The SMILES string of the molecule is COC(=O)C[C@H](c1ccc(OCCc2ccc3c(c2)CCO3)cc1)c1oc(CN2CCN(c3ccc(OC)cc3)CC2)cc(=O)c1O. The molecule has 0 bridgehead atoms. The minimum absolute atomic E-state index is 0.0454. The van der Waals surface area contributed by atoms with Gasteiger partial charge in [-0.25, -0.2) is 0 Å². The van der Waals surface area contributed by atoms with E-state index in [0.29, 0.717) is 30.2 Å². The van der Waals surface area contributed by atoms with E-state index in [1.807, 2.05) is 54.6 Å². The summed E-state index contributed by atoms with van der Waals surface area (Å²) in [6.07, 6.45) is 1.57. The van der Waals surface area contributed by atoms with Gasteiger partial charge in [-0.15, -0.1) is 0 Å². The summed E-state index contributed by atoms with van der Waals surface area (Å²) in [4.78, 5) is 29.9. The molecule has 0 amide bonds. The summed E-state index contributed by atoms with van der Waals surface area (Å²) < 4.78 is 28.0. The highest BCUT2D eigenvalue weighted by Crippen LogP contribution is 2.35. The molecule has 0 radical (unpaired) electrons. The lowest BCUT2D eigenvalue weighted by atomic mass is 9.92. The second-order valence-electron chi connectivity index (χ2n) is 11.8. The molecular weight excluding hydrogens is 600 g/mol. The number of anilines is 1. The Morgan fingerprint density at radius 2 is 1.68 bits per heavy atom. The van der Waals surface area contributed by atoms with Crippen molar-refractivity contribution in [3.63, 3.8) is 0 Å². The van der Waals surface area contributed by atoms with Gasteiger partial charge in [0.15, 0.2) is 5.76 Å². The molecule has 0 unspecified atom stereocenters. The van der Waals surface area contributed by atoms with Crippen molar-refractivity contribution >= 4 is 11.7 Å². The van der Waals surface area contributed by atoms with E-state index in [9.17, 15) is 14.7 Å². The zero-order valence-electron chi connectivity index (χ0n) is 26.8. The van der Waals surface area contributed by atoms with Gasteiger partial charge in [-0.05, 0) is 59.2 Å². The van der Waals surface area contributed by atoms with Crippen molar-refractivity contribution in [3.8, 4) is 23.0 Å².